The van der Waals surface area contributed by atoms with Crippen molar-refractivity contribution in [3.63, 3.8) is 0 Å². The number of aliphatic hydroxyl groups excluding tert-OH is 1. The van der Waals surface area contributed by atoms with Gasteiger partial charge in [0.1, 0.15) is 0 Å². The van der Waals surface area contributed by atoms with Crippen LogP contribution in [0.2, 0.25) is 0 Å². The maximum absolute atomic E-state index is 11.5. The summed E-state index contributed by atoms with van der Waals surface area (Å²) in [5, 5.41) is 13.6. The van der Waals surface area contributed by atoms with Crippen LogP contribution in [0.15, 0.2) is 18.2 Å². The molecule has 22 heavy (non-hydrogen) atoms. The number of carbonyl (C=O) groups is 1. The molecule has 1 aromatic carbocycles. The van der Waals surface area contributed by atoms with Gasteiger partial charge in [-0.05, 0) is 38.8 Å². The summed E-state index contributed by atoms with van der Waals surface area (Å²) < 4.78 is 0. The summed E-state index contributed by atoms with van der Waals surface area (Å²) in [6.45, 7) is 8.43. The Labute approximate surface area is 133 Å². The molecule has 1 saturated heterocycles. The van der Waals surface area contributed by atoms with Crippen molar-refractivity contribution in [2.75, 3.05) is 19.6 Å². The third-order valence-electron chi connectivity index (χ3n) is 4.25. The van der Waals surface area contributed by atoms with E-state index in [1.165, 1.54) is 11.1 Å². The van der Waals surface area contributed by atoms with E-state index in [1.54, 1.807) is 0 Å². The van der Waals surface area contributed by atoms with E-state index >= 15 is 0 Å². The molecule has 2 rings (SSSR count). The fourth-order valence-electron chi connectivity index (χ4n) is 3.22. The monoisotopic (exact) mass is 304 g/mol. The number of β-amino-alcohol motifs (C(OH)–C–C–N with tert-alkyl or cyclic N) is 1. The third-order valence-corrected chi connectivity index (χ3v) is 4.25. The molecule has 1 fully saturated rings. The van der Waals surface area contributed by atoms with Crippen molar-refractivity contribution in [1.82, 2.24) is 10.2 Å². The summed E-state index contributed by atoms with van der Waals surface area (Å²) >= 11 is 0. The number of carbonyl (C=O) groups excluding carboxylic acids is 1. The van der Waals surface area contributed by atoms with Gasteiger partial charge in [-0.1, -0.05) is 36.2 Å². The first-order valence-corrected chi connectivity index (χ1v) is 8.26. The molecular formula is C18H28N2O2. The number of hydrogen-bond acceptors (Lipinski definition) is 3. The lowest BCUT2D eigenvalue weighted by atomic mass is 10.0. The fraction of sp³-hybridized carbons (Fsp3) is 0.611. The van der Waals surface area contributed by atoms with Crippen molar-refractivity contribution in [3.8, 4) is 0 Å². The van der Waals surface area contributed by atoms with Gasteiger partial charge in [0.05, 0.1) is 6.10 Å². The molecule has 0 aliphatic carbocycles. The summed E-state index contributed by atoms with van der Waals surface area (Å²) in [7, 11) is 0. The Morgan fingerprint density at radius 3 is 2.68 bits per heavy atom. The molecular weight excluding hydrogens is 276 g/mol. The quantitative estimate of drug-likeness (QED) is 0.878. The summed E-state index contributed by atoms with van der Waals surface area (Å²) in [6, 6.07) is 6.44. The van der Waals surface area contributed by atoms with Crippen molar-refractivity contribution in [3.05, 3.63) is 34.9 Å². The summed E-state index contributed by atoms with van der Waals surface area (Å²) in [5.41, 5.74) is 3.35. The number of nitrogens with zero attached hydrogens (tertiary/aromatic N) is 1. The molecule has 1 amide bonds. The first kappa shape index (κ1) is 17.0. The number of aliphatic hydroxyl groups is 1. The number of amides is 1. The second kappa shape index (κ2) is 7.75. The Kier molecular flexibility index (Phi) is 5.98. The highest BCUT2D eigenvalue weighted by atomic mass is 16.3. The molecule has 0 saturated carbocycles. The molecule has 2 N–H and O–H groups in total. The molecule has 0 bridgehead atoms. The van der Waals surface area contributed by atoms with Crippen LogP contribution in [0, 0.1) is 13.8 Å². The van der Waals surface area contributed by atoms with Crippen molar-refractivity contribution in [2.24, 2.45) is 0 Å². The van der Waals surface area contributed by atoms with Crippen molar-refractivity contribution in [2.45, 2.75) is 52.2 Å². The van der Waals surface area contributed by atoms with Gasteiger partial charge in [-0.15, -0.1) is 0 Å². The Bertz CT molecular complexity index is 496. The standard InChI is InChI=1S/C18H28N2O2/c1-4-18(22)19-16-6-5-7-20(11-16)12-17(21)15-9-13(2)8-14(3)10-15/h8-10,16-17,21H,4-7,11-12H2,1-3H3,(H,19,22). The van der Waals surface area contributed by atoms with Crippen LogP contribution >= 0.6 is 0 Å². The van der Waals surface area contributed by atoms with Crippen molar-refractivity contribution < 1.29 is 9.90 Å². The van der Waals surface area contributed by atoms with Gasteiger partial charge >= 0.3 is 0 Å². The van der Waals surface area contributed by atoms with Crippen LogP contribution in [0.1, 0.15) is 49.0 Å². The zero-order chi connectivity index (χ0) is 16.1. The molecule has 1 aliphatic rings. The molecule has 2 atom stereocenters. The lowest BCUT2D eigenvalue weighted by Gasteiger charge is -2.34. The highest BCUT2D eigenvalue weighted by Crippen LogP contribution is 2.20. The van der Waals surface area contributed by atoms with E-state index in [4.69, 9.17) is 0 Å². The van der Waals surface area contributed by atoms with Crippen LogP contribution in [0.5, 0.6) is 0 Å². The summed E-state index contributed by atoms with van der Waals surface area (Å²) in [4.78, 5) is 13.8. The van der Waals surface area contributed by atoms with Crippen molar-refractivity contribution >= 4 is 5.91 Å². The minimum atomic E-state index is -0.473. The number of hydrogen-bond donors (Lipinski definition) is 2. The predicted octanol–water partition coefficient (Wildman–Crippen LogP) is 2.33. The SMILES string of the molecule is CCC(=O)NC1CCCN(CC(O)c2cc(C)cc(C)c2)C1. The molecule has 1 heterocycles. The summed E-state index contributed by atoms with van der Waals surface area (Å²) in [6.07, 6.45) is 2.15. The average molecular weight is 304 g/mol. The minimum absolute atomic E-state index is 0.113. The Morgan fingerprint density at radius 2 is 2.05 bits per heavy atom. The number of piperidine rings is 1. The molecule has 1 aromatic rings. The molecule has 2 unspecified atom stereocenters. The van der Waals surface area contributed by atoms with E-state index < -0.39 is 6.10 Å². The van der Waals surface area contributed by atoms with Crippen LogP contribution in [-0.2, 0) is 4.79 Å². The van der Waals surface area contributed by atoms with Crippen LogP contribution in [0.25, 0.3) is 0 Å². The van der Waals surface area contributed by atoms with E-state index in [-0.39, 0.29) is 11.9 Å². The van der Waals surface area contributed by atoms with E-state index in [0.29, 0.717) is 13.0 Å². The number of nitrogens with one attached hydrogen (secondary N) is 1. The van der Waals surface area contributed by atoms with Crippen LogP contribution < -0.4 is 5.32 Å². The Morgan fingerprint density at radius 1 is 1.36 bits per heavy atom. The maximum atomic E-state index is 11.5. The van der Waals surface area contributed by atoms with Gasteiger partial charge in [0.2, 0.25) is 5.91 Å². The molecule has 4 heteroatoms. The largest absolute Gasteiger partial charge is 0.387 e. The zero-order valence-corrected chi connectivity index (χ0v) is 13.9. The van der Waals surface area contributed by atoms with Gasteiger partial charge in [-0.25, -0.2) is 0 Å². The Hall–Kier alpha value is -1.39. The van der Waals surface area contributed by atoms with E-state index in [9.17, 15) is 9.90 Å². The van der Waals surface area contributed by atoms with E-state index in [2.05, 4.69) is 42.3 Å². The predicted molar refractivity (Wildman–Crippen MR) is 88.8 cm³/mol. The topological polar surface area (TPSA) is 52.6 Å². The van der Waals surface area contributed by atoms with Gasteiger partial charge in [-0.2, -0.15) is 0 Å². The van der Waals surface area contributed by atoms with Gasteiger partial charge in [0.15, 0.2) is 0 Å². The lowest BCUT2D eigenvalue weighted by molar-refractivity contribution is -0.121. The van der Waals surface area contributed by atoms with E-state index in [1.807, 2.05) is 6.92 Å². The van der Waals surface area contributed by atoms with Crippen LogP contribution in [-0.4, -0.2) is 41.6 Å². The highest BCUT2D eigenvalue weighted by molar-refractivity contribution is 5.75. The van der Waals surface area contributed by atoms with Gasteiger partial charge in [0.25, 0.3) is 0 Å². The number of benzene rings is 1. The number of likely N-dealkylation sites (tertiary alicyclic amines) is 1. The first-order valence-electron chi connectivity index (χ1n) is 8.26. The Balaban J connectivity index is 1.93. The molecule has 0 spiro atoms. The zero-order valence-electron chi connectivity index (χ0n) is 13.9. The summed E-state index contributed by atoms with van der Waals surface area (Å²) in [5.74, 6) is 0.113. The smallest absolute Gasteiger partial charge is 0.219 e. The number of aryl methyl sites for hydroxylation is 2. The molecule has 122 valence electrons. The first-order chi connectivity index (χ1) is 10.5. The maximum Gasteiger partial charge on any atom is 0.219 e. The second-order valence-corrected chi connectivity index (χ2v) is 6.46. The molecule has 4 nitrogen and oxygen atoms in total. The normalized spacial score (nSPS) is 20.6. The lowest BCUT2D eigenvalue weighted by Crippen LogP contribution is -2.48. The molecule has 0 radical (unpaired) electrons. The highest BCUT2D eigenvalue weighted by Gasteiger charge is 2.23. The number of rotatable bonds is 5. The van der Waals surface area contributed by atoms with Gasteiger partial charge in [0, 0.05) is 25.6 Å². The van der Waals surface area contributed by atoms with Crippen LogP contribution in [0.4, 0.5) is 0 Å². The molecule has 1 aliphatic heterocycles. The van der Waals surface area contributed by atoms with Crippen molar-refractivity contribution in [1.29, 1.82) is 0 Å². The van der Waals surface area contributed by atoms with Gasteiger partial charge in [-0.3, -0.25) is 9.69 Å². The van der Waals surface area contributed by atoms with E-state index in [0.717, 1.165) is 31.5 Å². The van der Waals surface area contributed by atoms with Crippen LogP contribution in [0.3, 0.4) is 0 Å². The van der Waals surface area contributed by atoms with Gasteiger partial charge < -0.3 is 10.4 Å². The third kappa shape index (κ3) is 4.82. The minimum Gasteiger partial charge on any atom is -0.387 e. The molecule has 0 aromatic heterocycles. The average Bonchev–Trinajstić information content (AvgIpc) is 2.46. The second-order valence-electron chi connectivity index (χ2n) is 6.46. The fourth-order valence-corrected chi connectivity index (χ4v) is 3.22.